The van der Waals surface area contributed by atoms with Gasteiger partial charge in [0.15, 0.2) is 0 Å². The highest BCUT2D eigenvalue weighted by Crippen LogP contribution is 2.28. The van der Waals surface area contributed by atoms with Crippen LogP contribution >= 0.6 is 0 Å². The largest absolute Gasteiger partial charge is 0.467 e. The molecular weight excluding hydrogens is 416 g/mol. The van der Waals surface area contributed by atoms with Crippen molar-refractivity contribution >= 4 is 18.0 Å². The van der Waals surface area contributed by atoms with Crippen molar-refractivity contribution in [3.63, 3.8) is 0 Å². The average Bonchev–Trinajstić information content (AvgIpc) is 3.50. The van der Waals surface area contributed by atoms with Crippen LogP contribution in [0.3, 0.4) is 0 Å². The third-order valence-corrected chi connectivity index (χ3v) is 4.75. The number of nitrogens with one attached hydrogen (secondary N) is 3. The smallest absolute Gasteiger partial charge is 0.342 e. The predicted octanol–water partition coefficient (Wildman–Crippen LogP) is 2.70. The lowest BCUT2D eigenvalue weighted by Crippen LogP contribution is -2.47. The number of carbonyl (C=O) groups is 3. The number of aromatic nitrogens is 2. The summed E-state index contributed by atoms with van der Waals surface area (Å²) in [5.41, 5.74) is 1.67. The van der Waals surface area contributed by atoms with Crippen LogP contribution in [-0.2, 0) is 14.3 Å². The molecule has 32 heavy (non-hydrogen) atoms. The SMILES string of the molecule is CCOC(=O)C1=C(COC(=O)c2cn[nH]c2-c2ccccc2)NC(=O)NC1c1ccco1. The molecule has 1 aliphatic rings. The van der Waals surface area contributed by atoms with Gasteiger partial charge in [-0.2, -0.15) is 5.10 Å². The predicted molar refractivity (Wildman–Crippen MR) is 111 cm³/mol. The molecule has 0 spiro atoms. The summed E-state index contributed by atoms with van der Waals surface area (Å²) in [5, 5.41) is 11.9. The highest BCUT2D eigenvalue weighted by Gasteiger charge is 2.36. The van der Waals surface area contributed by atoms with E-state index >= 15 is 0 Å². The fraction of sp³-hybridized carbons (Fsp3) is 0.182. The van der Waals surface area contributed by atoms with Gasteiger partial charge in [-0.1, -0.05) is 30.3 Å². The fourth-order valence-corrected chi connectivity index (χ4v) is 3.33. The number of rotatable bonds is 7. The van der Waals surface area contributed by atoms with E-state index in [4.69, 9.17) is 13.9 Å². The third-order valence-electron chi connectivity index (χ3n) is 4.75. The van der Waals surface area contributed by atoms with Gasteiger partial charge in [0.2, 0.25) is 0 Å². The molecule has 0 saturated heterocycles. The standard InChI is InChI=1S/C22H20N4O6/c1-2-30-21(28)17-15(24-22(29)25-19(17)16-9-6-10-31-16)12-32-20(27)14-11-23-26-18(14)13-7-4-3-5-8-13/h3-11,19H,2,12H2,1H3,(H,23,26)(H2,24,25,29). The Labute approximate surface area is 182 Å². The van der Waals surface area contributed by atoms with Crippen LogP contribution in [0.5, 0.6) is 0 Å². The normalized spacial score (nSPS) is 15.7. The monoisotopic (exact) mass is 436 g/mol. The Morgan fingerprint density at radius 2 is 1.91 bits per heavy atom. The lowest BCUT2D eigenvalue weighted by Gasteiger charge is -2.27. The Balaban J connectivity index is 1.61. The zero-order valence-electron chi connectivity index (χ0n) is 17.1. The van der Waals surface area contributed by atoms with E-state index in [1.165, 1.54) is 12.5 Å². The van der Waals surface area contributed by atoms with E-state index in [1.807, 2.05) is 30.3 Å². The van der Waals surface area contributed by atoms with Crippen molar-refractivity contribution in [1.29, 1.82) is 0 Å². The van der Waals surface area contributed by atoms with Gasteiger partial charge in [-0.15, -0.1) is 0 Å². The second-order valence-corrected chi connectivity index (χ2v) is 6.76. The topological polar surface area (TPSA) is 136 Å². The highest BCUT2D eigenvalue weighted by molar-refractivity contribution is 5.97. The number of hydrogen-bond donors (Lipinski definition) is 3. The molecule has 164 valence electrons. The van der Waals surface area contributed by atoms with Crippen molar-refractivity contribution in [2.45, 2.75) is 13.0 Å². The van der Waals surface area contributed by atoms with Crippen molar-refractivity contribution in [3.05, 3.63) is 77.5 Å². The van der Waals surface area contributed by atoms with Gasteiger partial charge in [0.1, 0.15) is 24.0 Å². The fourth-order valence-electron chi connectivity index (χ4n) is 3.33. The van der Waals surface area contributed by atoms with Gasteiger partial charge in [-0.25, -0.2) is 14.4 Å². The van der Waals surface area contributed by atoms with E-state index in [2.05, 4.69) is 20.8 Å². The number of aromatic amines is 1. The molecular formula is C22H20N4O6. The maximum Gasteiger partial charge on any atom is 0.342 e. The number of amides is 2. The second kappa shape index (κ2) is 9.21. The molecule has 10 heteroatoms. The Kier molecular flexibility index (Phi) is 6.02. The van der Waals surface area contributed by atoms with Crippen molar-refractivity contribution < 1.29 is 28.3 Å². The Morgan fingerprint density at radius 1 is 1.09 bits per heavy atom. The molecule has 0 bridgehead atoms. The van der Waals surface area contributed by atoms with Crippen LogP contribution in [0.15, 0.2) is 70.6 Å². The Hall–Kier alpha value is -4.34. The number of benzene rings is 1. The van der Waals surface area contributed by atoms with Crippen LogP contribution < -0.4 is 10.6 Å². The summed E-state index contributed by atoms with van der Waals surface area (Å²) in [4.78, 5) is 37.6. The number of hydrogen-bond acceptors (Lipinski definition) is 7. The van der Waals surface area contributed by atoms with Gasteiger partial charge < -0.3 is 24.5 Å². The maximum absolute atomic E-state index is 12.8. The van der Waals surface area contributed by atoms with Crippen LogP contribution in [0.4, 0.5) is 4.79 Å². The minimum atomic E-state index is -0.889. The number of ether oxygens (including phenoxy) is 2. The molecule has 10 nitrogen and oxygen atoms in total. The summed E-state index contributed by atoms with van der Waals surface area (Å²) < 4.78 is 15.9. The summed E-state index contributed by atoms with van der Waals surface area (Å²) in [6.45, 7) is 1.43. The summed E-state index contributed by atoms with van der Waals surface area (Å²) in [6.07, 6.45) is 2.79. The first-order chi connectivity index (χ1) is 15.6. The molecule has 0 saturated carbocycles. The summed E-state index contributed by atoms with van der Waals surface area (Å²) in [6, 6.07) is 11.0. The van der Waals surface area contributed by atoms with Gasteiger partial charge in [0.05, 0.1) is 36.0 Å². The number of H-pyrrole nitrogens is 1. The van der Waals surface area contributed by atoms with E-state index in [-0.39, 0.29) is 30.0 Å². The zero-order chi connectivity index (χ0) is 22.5. The summed E-state index contributed by atoms with van der Waals surface area (Å²) in [5.74, 6) is -0.996. The summed E-state index contributed by atoms with van der Waals surface area (Å²) in [7, 11) is 0. The minimum Gasteiger partial charge on any atom is -0.467 e. The van der Waals surface area contributed by atoms with E-state index in [0.29, 0.717) is 11.5 Å². The molecule has 0 aliphatic carbocycles. The molecule has 3 N–H and O–H groups in total. The number of esters is 2. The molecule has 1 unspecified atom stereocenters. The maximum atomic E-state index is 12.8. The molecule has 1 aromatic carbocycles. The van der Waals surface area contributed by atoms with Crippen molar-refractivity contribution in [1.82, 2.24) is 20.8 Å². The third kappa shape index (κ3) is 4.24. The van der Waals surface area contributed by atoms with Gasteiger partial charge in [0.25, 0.3) is 0 Å². The first-order valence-corrected chi connectivity index (χ1v) is 9.85. The van der Waals surface area contributed by atoms with Crippen LogP contribution in [-0.4, -0.2) is 41.4 Å². The highest BCUT2D eigenvalue weighted by atomic mass is 16.5. The quantitative estimate of drug-likeness (QED) is 0.485. The summed E-state index contributed by atoms with van der Waals surface area (Å²) >= 11 is 0. The van der Waals surface area contributed by atoms with E-state index in [0.717, 1.165) is 5.56 Å². The average molecular weight is 436 g/mol. The molecule has 2 amide bonds. The molecule has 3 aromatic rings. The van der Waals surface area contributed by atoms with E-state index in [1.54, 1.807) is 19.1 Å². The van der Waals surface area contributed by atoms with Crippen LogP contribution in [0.1, 0.15) is 29.1 Å². The second-order valence-electron chi connectivity index (χ2n) is 6.76. The van der Waals surface area contributed by atoms with Gasteiger partial charge in [-0.3, -0.25) is 5.10 Å². The lowest BCUT2D eigenvalue weighted by atomic mass is 10.0. The van der Waals surface area contributed by atoms with Crippen molar-refractivity contribution in [3.8, 4) is 11.3 Å². The van der Waals surface area contributed by atoms with Crippen molar-refractivity contribution in [2.75, 3.05) is 13.2 Å². The zero-order valence-corrected chi connectivity index (χ0v) is 17.1. The van der Waals surface area contributed by atoms with Crippen LogP contribution in [0.25, 0.3) is 11.3 Å². The van der Waals surface area contributed by atoms with Gasteiger partial charge >= 0.3 is 18.0 Å². The van der Waals surface area contributed by atoms with E-state index < -0.39 is 24.0 Å². The molecule has 0 fully saturated rings. The minimum absolute atomic E-state index is 0.0877. The molecule has 0 radical (unpaired) electrons. The molecule has 4 rings (SSSR count). The Morgan fingerprint density at radius 3 is 2.62 bits per heavy atom. The van der Waals surface area contributed by atoms with E-state index in [9.17, 15) is 14.4 Å². The number of urea groups is 1. The lowest BCUT2D eigenvalue weighted by molar-refractivity contribution is -0.139. The van der Waals surface area contributed by atoms with Crippen LogP contribution in [0, 0.1) is 0 Å². The molecule has 3 heterocycles. The van der Waals surface area contributed by atoms with Crippen molar-refractivity contribution in [2.24, 2.45) is 0 Å². The van der Waals surface area contributed by atoms with Crippen LogP contribution in [0.2, 0.25) is 0 Å². The molecule has 1 aliphatic heterocycles. The number of carbonyl (C=O) groups excluding carboxylic acids is 3. The first kappa shape index (κ1) is 20.9. The Bertz CT molecular complexity index is 1150. The first-order valence-electron chi connectivity index (χ1n) is 9.85. The van der Waals surface area contributed by atoms with Gasteiger partial charge in [-0.05, 0) is 19.1 Å². The molecule has 1 atom stereocenters. The number of nitrogens with zero attached hydrogens (tertiary/aromatic N) is 1. The van der Waals surface area contributed by atoms with Gasteiger partial charge in [0, 0.05) is 5.56 Å². The molecule has 2 aromatic heterocycles. The number of furan rings is 1.